The van der Waals surface area contributed by atoms with Gasteiger partial charge in [0.1, 0.15) is 5.69 Å². The van der Waals surface area contributed by atoms with Gasteiger partial charge in [0.2, 0.25) is 0 Å². The Morgan fingerprint density at radius 3 is 2.74 bits per heavy atom. The maximum atomic E-state index is 12.3. The number of aromatic nitrogens is 3. The van der Waals surface area contributed by atoms with E-state index < -0.39 is 0 Å². The molecule has 2 aromatic rings. The van der Waals surface area contributed by atoms with Crippen LogP contribution in [0.1, 0.15) is 34.7 Å². The van der Waals surface area contributed by atoms with Gasteiger partial charge in [-0.05, 0) is 38.0 Å². The molecule has 0 aliphatic carbocycles. The zero-order valence-electron chi connectivity index (χ0n) is 13.7. The third kappa shape index (κ3) is 3.96. The van der Waals surface area contributed by atoms with E-state index >= 15 is 0 Å². The normalized spacial score (nSPS) is 16.4. The number of carbonyl (C=O) groups is 1. The lowest BCUT2D eigenvalue weighted by molar-refractivity contribution is 0.0899. The Labute approximate surface area is 136 Å². The van der Waals surface area contributed by atoms with E-state index in [9.17, 15) is 4.79 Å². The summed E-state index contributed by atoms with van der Waals surface area (Å²) in [6.07, 6.45) is 3.77. The number of likely N-dealkylation sites (tertiary alicyclic amines) is 1. The summed E-state index contributed by atoms with van der Waals surface area (Å²) in [5.41, 5.74) is 2.58. The molecule has 6 heteroatoms. The monoisotopic (exact) mass is 313 g/mol. The Bertz CT molecular complexity index is 659. The van der Waals surface area contributed by atoms with Gasteiger partial charge in [-0.15, -0.1) is 0 Å². The van der Waals surface area contributed by atoms with Crippen LogP contribution in [0, 0.1) is 6.92 Å². The van der Waals surface area contributed by atoms with Gasteiger partial charge >= 0.3 is 0 Å². The fourth-order valence-corrected chi connectivity index (χ4v) is 3.04. The lowest BCUT2D eigenvalue weighted by Crippen LogP contribution is -2.44. The summed E-state index contributed by atoms with van der Waals surface area (Å²) < 4.78 is 1.64. The third-order valence-electron chi connectivity index (χ3n) is 4.27. The third-order valence-corrected chi connectivity index (χ3v) is 4.27. The van der Waals surface area contributed by atoms with Gasteiger partial charge in [-0.2, -0.15) is 5.10 Å². The lowest BCUT2D eigenvalue weighted by atomic mass is 10.0. The SMILES string of the molecule is Cc1cc(C(=O)NC2CCN(Cc3ccccn3)CC2)n(C)n1. The zero-order valence-corrected chi connectivity index (χ0v) is 13.7. The summed E-state index contributed by atoms with van der Waals surface area (Å²) in [5, 5.41) is 7.36. The number of pyridine rings is 1. The summed E-state index contributed by atoms with van der Waals surface area (Å²) in [6, 6.07) is 8.07. The van der Waals surface area contributed by atoms with E-state index in [1.165, 1.54) is 0 Å². The van der Waals surface area contributed by atoms with Crippen LogP contribution in [0.25, 0.3) is 0 Å². The standard InChI is InChI=1S/C17H23N5O/c1-13-11-16(21(2)20-13)17(23)19-14-6-9-22(10-7-14)12-15-5-3-4-8-18-15/h3-5,8,11,14H,6-7,9-10,12H2,1-2H3,(H,19,23). The molecule has 0 spiro atoms. The summed E-state index contributed by atoms with van der Waals surface area (Å²) in [6.45, 7) is 4.73. The number of carbonyl (C=O) groups excluding carboxylic acids is 1. The van der Waals surface area contributed by atoms with Crippen molar-refractivity contribution in [3.05, 3.63) is 47.5 Å². The van der Waals surface area contributed by atoms with Crippen molar-refractivity contribution in [2.24, 2.45) is 7.05 Å². The highest BCUT2D eigenvalue weighted by Gasteiger charge is 2.22. The molecular formula is C17H23N5O. The first-order valence-corrected chi connectivity index (χ1v) is 8.05. The number of amides is 1. The highest BCUT2D eigenvalue weighted by atomic mass is 16.2. The average molecular weight is 313 g/mol. The fourth-order valence-electron chi connectivity index (χ4n) is 3.04. The fraction of sp³-hybridized carbons (Fsp3) is 0.471. The van der Waals surface area contributed by atoms with Gasteiger partial charge in [0.25, 0.3) is 5.91 Å². The van der Waals surface area contributed by atoms with E-state index in [4.69, 9.17) is 0 Å². The predicted molar refractivity (Wildman–Crippen MR) is 87.9 cm³/mol. The molecule has 3 rings (SSSR count). The van der Waals surface area contributed by atoms with Crippen LogP contribution in [0.2, 0.25) is 0 Å². The van der Waals surface area contributed by atoms with Crippen molar-refractivity contribution in [2.75, 3.05) is 13.1 Å². The number of hydrogen-bond acceptors (Lipinski definition) is 4. The molecule has 3 heterocycles. The van der Waals surface area contributed by atoms with Crippen molar-refractivity contribution in [2.45, 2.75) is 32.4 Å². The summed E-state index contributed by atoms with van der Waals surface area (Å²) in [4.78, 5) is 19.1. The molecule has 0 aromatic carbocycles. The molecule has 122 valence electrons. The Morgan fingerprint density at radius 2 is 2.13 bits per heavy atom. The second kappa shape index (κ2) is 6.91. The molecule has 0 atom stereocenters. The second-order valence-electron chi connectivity index (χ2n) is 6.14. The first-order chi connectivity index (χ1) is 11.1. The molecule has 1 fully saturated rings. The van der Waals surface area contributed by atoms with Crippen LogP contribution < -0.4 is 5.32 Å². The Morgan fingerprint density at radius 1 is 1.35 bits per heavy atom. The molecule has 1 saturated heterocycles. The minimum atomic E-state index is -0.0312. The van der Waals surface area contributed by atoms with E-state index in [-0.39, 0.29) is 11.9 Å². The van der Waals surface area contributed by atoms with Gasteiger partial charge in [-0.1, -0.05) is 6.07 Å². The zero-order chi connectivity index (χ0) is 16.2. The van der Waals surface area contributed by atoms with Crippen LogP contribution >= 0.6 is 0 Å². The van der Waals surface area contributed by atoms with Crippen molar-refractivity contribution in [1.29, 1.82) is 0 Å². The number of rotatable bonds is 4. The molecular weight excluding hydrogens is 290 g/mol. The van der Waals surface area contributed by atoms with E-state index in [0.717, 1.165) is 43.9 Å². The molecule has 0 unspecified atom stereocenters. The number of piperidine rings is 1. The lowest BCUT2D eigenvalue weighted by Gasteiger charge is -2.32. The Kier molecular flexibility index (Phi) is 4.71. The van der Waals surface area contributed by atoms with Crippen molar-refractivity contribution in [3.63, 3.8) is 0 Å². The molecule has 0 saturated carbocycles. The molecule has 0 bridgehead atoms. The van der Waals surface area contributed by atoms with Crippen LogP contribution in [0.15, 0.2) is 30.5 Å². The molecule has 0 radical (unpaired) electrons. The maximum absolute atomic E-state index is 12.3. The summed E-state index contributed by atoms with van der Waals surface area (Å²) in [7, 11) is 1.80. The number of nitrogens with zero attached hydrogens (tertiary/aromatic N) is 4. The topological polar surface area (TPSA) is 63.1 Å². The molecule has 1 N–H and O–H groups in total. The second-order valence-corrected chi connectivity index (χ2v) is 6.14. The van der Waals surface area contributed by atoms with Crippen LogP contribution in [-0.2, 0) is 13.6 Å². The average Bonchev–Trinajstić information content (AvgIpc) is 2.89. The number of aryl methyl sites for hydroxylation is 2. The highest BCUT2D eigenvalue weighted by molar-refractivity contribution is 5.92. The largest absolute Gasteiger partial charge is 0.348 e. The molecule has 1 aliphatic rings. The molecule has 2 aromatic heterocycles. The van der Waals surface area contributed by atoms with Crippen LogP contribution in [0.4, 0.5) is 0 Å². The number of nitrogens with one attached hydrogen (secondary N) is 1. The van der Waals surface area contributed by atoms with Crippen LogP contribution in [-0.4, -0.2) is 44.7 Å². The van der Waals surface area contributed by atoms with E-state index in [1.807, 2.05) is 31.3 Å². The van der Waals surface area contributed by atoms with E-state index in [0.29, 0.717) is 5.69 Å². The molecule has 23 heavy (non-hydrogen) atoms. The summed E-state index contributed by atoms with van der Waals surface area (Å²) >= 11 is 0. The quantitative estimate of drug-likeness (QED) is 0.929. The Balaban J connectivity index is 1.49. The highest BCUT2D eigenvalue weighted by Crippen LogP contribution is 2.14. The van der Waals surface area contributed by atoms with Crippen molar-refractivity contribution in [3.8, 4) is 0 Å². The van der Waals surface area contributed by atoms with Gasteiger partial charge in [0, 0.05) is 38.9 Å². The van der Waals surface area contributed by atoms with Crippen molar-refractivity contribution in [1.82, 2.24) is 25.0 Å². The van der Waals surface area contributed by atoms with Gasteiger partial charge in [-0.3, -0.25) is 19.4 Å². The minimum absolute atomic E-state index is 0.0312. The number of hydrogen-bond donors (Lipinski definition) is 1. The predicted octanol–water partition coefficient (Wildman–Crippen LogP) is 1.52. The van der Waals surface area contributed by atoms with Crippen molar-refractivity contribution < 1.29 is 4.79 Å². The van der Waals surface area contributed by atoms with E-state index in [2.05, 4.69) is 26.4 Å². The smallest absolute Gasteiger partial charge is 0.269 e. The van der Waals surface area contributed by atoms with Crippen LogP contribution in [0.5, 0.6) is 0 Å². The first kappa shape index (κ1) is 15.7. The van der Waals surface area contributed by atoms with Gasteiger partial charge < -0.3 is 5.32 Å². The van der Waals surface area contributed by atoms with Gasteiger partial charge in [0.15, 0.2) is 0 Å². The maximum Gasteiger partial charge on any atom is 0.269 e. The van der Waals surface area contributed by atoms with Gasteiger partial charge in [0.05, 0.1) is 11.4 Å². The summed E-state index contributed by atoms with van der Waals surface area (Å²) in [5.74, 6) is -0.0312. The van der Waals surface area contributed by atoms with Crippen molar-refractivity contribution >= 4 is 5.91 Å². The Hall–Kier alpha value is -2.21. The molecule has 1 aliphatic heterocycles. The first-order valence-electron chi connectivity index (χ1n) is 8.05. The van der Waals surface area contributed by atoms with Crippen LogP contribution in [0.3, 0.4) is 0 Å². The minimum Gasteiger partial charge on any atom is -0.348 e. The molecule has 1 amide bonds. The van der Waals surface area contributed by atoms with E-state index in [1.54, 1.807) is 11.7 Å². The van der Waals surface area contributed by atoms with Gasteiger partial charge in [-0.25, -0.2) is 0 Å². The molecule has 6 nitrogen and oxygen atoms in total.